The van der Waals surface area contributed by atoms with Crippen molar-refractivity contribution < 1.29 is 24.2 Å². The number of phenols is 1. The molecule has 0 aliphatic carbocycles. The van der Waals surface area contributed by atoms with Crippen LogP contribution in [0.15, 0.2) is 48.5 Å². The highest BCUT2D eigenvalue weighted by atomic mass is 16.6. The fourth-order valence-corrected chi connectivity index (χ4v) is 4.20. The van der Waals surface area contributed by atoms with Gasteiger partial charge in [0.25, 0.3) is 0 Å². The summed E-state index contributed by atoms with van der Waals surface area (Å²) < 4.78 is 5.42. The summed E-state index contributed by atoms with van der Waals surface area (Å²) in [6.07, 6.45) is -0.358. The maximum absolute atomic E-state index is 14.1. The first kappa shape index (κ1) is 30.7. The summed E-state index contributed by atoms with van der Waals surface area (Å²) in [5, 5.41) is 16.6. The molecule has 0 aromatic heterocycles. The quantitative estimate of drug-likeness (QED) is 0.393. The first-order valence-electron chi connectivity index (χ1n) is 13.1. The SMILES string of the molecule is Cc1cccc(C(C(=O)NCc2ccccc2)N(C(=O)C(CC(C)C)NC(=O)OC(C)(C)C)C(C)C)c1O. The third-order valence-corrected chi connectivity index (χ3v) is 5.91. The molecule has 208 valence electrons. The van der Waals surface area contributed by atoms with E-state index >= 15 is 0 Å². The Balaban J connectivity index is 2.50. The second-order valence-electron chi connectivity index (χ2n) is 11.3. The van der Waals surface area contributed by atoms with Crippen molar-refractivity contribution >= 4 is 17.9 Å². The number of amides is 3. The molecule has 2 aromatic carbocycles. The lowest BCUT2D eigenvalue weighted by Crippen LogP contribution is -2.55. The van der Waals surface area contributed by atoms with E-state index in [2.05, 4.69) is 10.6 Å². The maximum Gasteiger partial charge on any atom is 0.408 e. The van der Waals surface area contributed by atoms with E-state index in [4.69, 9.17) is 4.74 Å². The highest BCUT2D eigenvalue weighted by molar-refractivity contribution is 5.92. The summed E-state index contributed by atoms with van der Waals surface area (Å²) in [5.41, 5.74) is 1.07. The Hall–Kier alpha value is -3.55. The third kappa shape index (κ3) is 8.78. The van der Waals surface area contributed by atoms with Gasteiger partial charge in [-0.1, -0.05) is 62.4 Å². The molecule has 2 unspecified atom stereocenters. The Morgan fingerprint density at radius 1 is 0.974 bits per heavy atom. The molecule has 8 heteroatoms. The van der Waals surface area contributed by atoms with Gasteiger partial charge in [0.1, 0.15) is 23.4 Å². The van der Waals surface area contributed by atoms with Crippen molar-refractivity contribution in [2.45, 2.75) is 92.1 Å². The molecule has 2 aromatic rings. The molecule has 3 N–H and O–H groups in total. The van der Waals surface area contributed by atoms with E-state index in [-0.39, 0.29) is 18.2 Å². The second-order valence-corrected chi connectivity index (χ2v) is 11.3. The number of hydrogen-bond donors (Lipinski definition) is 3. The second kappa shape index (κ2) is 13.3. The summed E-state index contributed by atoms with van der Waals surface area (Å²) in [4.78, 5) is 42.0. The van der Waals surface area contributed by atoms with E-state index < -0.39 is 41.6 Å². The predicted octanol–water partition coefficient (Wildman–Crippen LogP) is 5.23. The van der Waals surface area contributed by atoms with Crippen molar-refractivity contribution in [2.75, 3.05) is 0 Å². The number of benzene rings is 2. The van der Waals surface area contributed by atoms with Gasteiger partial charge in [0.15, 0.2) is 0 Å². The number of nitrogens with zero attached hydrogens (tertiary/aromatic N) is 1. The summed E-state index contributed by atoms with van der Waals surface area (Å²) in [6, 6.07) is 12.1. The molecule has 3 amide bonds. The number of alkyl carbamates (subject to hydrolysis) is 1. The molecule has 0 heterocycles. The Labute approximate surface area is 226 Å². The van der Waals surface area contributed by atoms with Crippen LogP contribution in [0.3, 0.4) is 0 Å². The number of aromatic hydroxyl groups is 1. The molecule has 8 nitrogen and oxygen atoms in total. The zero-order valence-corrected chi connectivity index (χ0v) is 23.9. The summed E-state index contributed by atoms with van der Waals surface area (Å²) in [7, 11) is 0. The summed E-state index contributed by atoms with van der Waals surface area (Å²) in [5.74, 6) is -0.838. The summed E-state index contributed by atoms with van der Waals surface area (Å²) in [6.45, 7) is 14.8. The number of carbonyl (C=O) groups excluding carboxylic acids is 3. The number of carbonyl (C=O) groups is 3. The molecule has 38 heavy (non-hydrogen) atoms. The van der Waals surface area contributed by atoms with E-state index in [1.807, 2.05) is 58.0 Å². The average Bonchev–Trinajstić information content (AvgIpc) is 2.81. The van der Waals surface area contributed by atoms with Crippen molar-refractivity contribution in [1.82, 2.24) is 15.5 Å². The first-order valence-corrected chi connectivity index (χ1v) is 13.1. The van der Waals surface area contributed by atoms with Crippen LogP contribution in [0.5, 0.6) is 5.75 Å². The first-order chi connectivity index (χ1) is 17.7. The molecular formula is C30H43N3O5. The number of para-hydroxylation sites is 1. The van der Waals surface area contributed by atoms with Gasteiger partial charge in [-0.15, -0.1) is 0 Å². The number of ether oxygens (including phenoxy) is 1. The zero-order valence-electron chi connectivity index (χ0n) is 23.9. The van der Waals surface area contributed by atoms with Gasteiger partial charge < -0.3 is 25.4 Å². The number of nitrogens with one attached hydrogen (secondary N) is 2. The molecular weight excluding hydrogens is 482 g/mol. The highest BCUT2D eigenvalue weighted by Gasteiger charge is 2.39. The fourth-order valence-electron chi connectivity index (χ4n) is 4.20. The predicted molar refractivity (Wildman–Crippen MR) is 148 cm³/mol. The van der Waals surface area contributed by atoms with Crippen molar-refractivity contribution in [3.05, 3.63) is 65.2 Å². The molecule has 0 saturated carbocycles. The minimum atomic E-state index is -1.12. The molecule has 0 aliphatic rings. The lowest BCUT2D eigenvalue weighted by Gasteiger charge is -2.37. The van der Waals surface area contributed by atoms with Gasteiger partial charge in [0.2, 0.25) is 11.8 Å². The monoisotopic (exact) mass is 525 g/mol. The summed E-state index contributed by atoms with van der Waals surface area (Å²) >= 11 is 0. The molecule has 0 radical (unpaired) electrons. The van der Waals surface area contributed by atoms with Crippen LogP contribution in [0, 0.1) is 12.8 Å². The number of hydrogen-bond acceptors (Lipinski definition) is 5. The normalized spacial score (nSPS) is 13.1. The maximum atomic E-state index is 14.1. The van der Waals surface area contributed by atoms with Crippen molar-refractivity contribution in [2.24, 2.45) is 5.92 Å². The van der Waals surface area contributed by atoms with E-state index in [0.717, 1.165) is 5.56 Å². The van der Waals surface area contributed by atoms with Crippen LogP contribution in [-0.2, 0) is 20.9 Å². The standard InChI is InChI=1S/C30H43N3O5/c1-19(2)17-24(32-29(37)38-30(6,7)8)28(36)33(20(3)4)25(23-16-12-13-21(5)26(23)34)27(35)31-18-22-14-10-9-11-15-22/h9-16,19-20,24-25,34H,17-18H2,1-8H3,(H,31,35)(H,32,37). The number of phenolic OH excluding ortho intramolecular Hbond substituents is 1. The van der Waals surface area contributed by atoms with Crippen molar-refractivity contribution in [3.63, 3.8) is 0 Å². The highest BCUT2D eigenvalue weighted by Crippen LogP contribution is 2.33. The van der Waals surface area contributed by atoms with Crippen LogP contribution in [0.4, 0.5) is 4.79 Å². The van der Waals surface area contributed by atoms with E-state index in [1.54, 1.807) is 45.9 Å². The topological polar surface area (TPSA) is 108 Å². The number of rotatable bonds is 10. The van der Waals surface area contributed by atoms with Gasteiger partial charge >= 0.3 is 6.09 Å². The third-order valence-electron chi connectivity index (χ3n) is 5.91. The Morgan fingerprint density at radius 3 is 2.16 bits per heavy atom. The zero-order chi connectivity index (χ0) is 28.6. The van der Waals surface area contributed by atoms with Gasteiger partial charge in [-0.2, -0.15) is 0 Å². The average molecular weight is 526 g/mol. The lowest BCUT2D eigenvalue weighted by molar-refractivity contribution is -0.145. The smallest absolute Gasteiger partial charge is 0.408 e. The molecule has 0 bridgehead atoms. The van der Waals surface area contributed by atoms with Crippen LogP contribution in [0.2, 0.25) is 0 Å². The lowest BCUT2D eigenvalue weighted by atomic mass is 9.96. The van der Waals surface area contributed by atoms with E-state index in [0.29, 0.717) is 17.5 Å². The molecule has 0 spiro atoms. The van der Waals surface area contributed by atoms with Crippen LogP contribution in [-0.4, -0.2) is 45.6 Å². The number of aryl methyl sites for hydroxylation is 1. The Kier molecular flexibility index (Phi) is 10.7. The van der Waals surface area contributed by atoms with Gasteiger partial charge in [0, 0.05) is 18.2 Å². The fraction of sp³-hybridized carbons (Fsp3) is 0.500. The molecule has 2 rings (SSSR count). The van der Waals surface area contributed by atoms with Crippen molar-refractivity contribution in [1.29, 1.82) is 0 Å². The molecule has 2 atom stereocenters. The molecule has 0 saturated heterocycles. The van der Waals surface area contributed by atoms with Gasteiger partial charge in [-0.25, -0.2) is 4.79 Å². The largest absolute Gasteiger partial charge is 0.507 e. The van der Waals surface area contributed by atoms with Crippen LogP contribution < -0.4 is 10.6 Å². The van der Waals surface area contributed by atoms with E-state index in [9.17, 15) is 19.5 Å². The van der Waals surface area contributed by atoms with Gasteiger partial charge in [-0.3, -0.25) is 9.59 Å². The Morgan fingerprint density at radius 2 is 1.61 bits per heavy atom. The van der Waals surface area contributed by atoms with E-state index in [1.165, 1.54) is 4.90 Å². The minimum absolute atomic E-state index is 0.0497. The van der Waals surface area contributed by atoms with Gasteiger partial charge in [0.05, 0.1) is 0 Å². The Bertz CT molecular complexity index is 1090. The van der Waals surface area contributed by atoms with Crippen LogP contribution in [0.25, 0.3) is 0 Å². The van der Waals surface area contributed by atoms with Crippen LogP contribution in [0.1, 0.15) is 77.6 Å². The minimum Gasteiger partial charge on any atom is -0.507 e. The van der Waals surface area contributed by atoms with Crippen molar-refractivity contribution in [3.8, 4) is 5.75 Å². The molecule has 0 aliphatic heterocycles. The van der Waals surface area contributed by atoms with Crippen LogP contribution >= 0.6 is 0 Å². The van der Waals surface area contributed by atoms with Gasteiger partial charge in [-0.05, 0) is 65.0 Å². The molecule has 0 fully saturated rings.